The van der Waals surface area contributed by atoms with Gasteiger partial charge in [-0.15, -0.1) is 0 Å². The molecule has 0 bridgehead atoms. The number of Topliss-reactive ketones (excluding diaryl/α,β-unsaturated/α-hetero) is 2. The van der Waals surface area contributed by atoms with E-state index in [1.165, 1.54) is 28.8 Å². The van der Waals surface area contributed by atoms with Crippen LogP contribution in [0.2, 0.25) is 0 Å². The Bertz CT molecular complexity index is 1130. The molecule has 2 aromatic carbocycles. The zero-order valence-corrected chi connectivity index (χ0v) is 27.6. The van der Waals surface area contributed by atoms with Gasteiger partial charge in [0.1, 0.15) is 0 Å². The Balaban J connectivity index is -0.000000255. The first kappa shape index (κ1) is 50.0. The molecule has 16 heteroatoms. The summed E-state index contributed by atoms with van der Waals surface area (Å²) in [4.78, 5) is 18.5. The Morgan fingerprint density at radius 2 is 1.13 bits per heavy atom. The van der Waals surface area contributed by atoms with Crippen LogP contribution in [0.1, 0.15) is 56.7 Å². The number of nitrogens with zero attached hydrogens (tertiary/aromatic N) is 1. The minimum atomic E-state index is -5.82. The van der Waals surface area contributed by atoms with E-state index in [0.29, 0.717) is 5.92 Å². The maximum Gasteiger partial charge on any atom is 0.459 e. The van der Waals surface area contributed by atoms with Gasteiger partial charge < -0.3 is 21.4 Å². The van der Waals surface area contributed by atoms with Crippen molar-refractivity contribution in [2.75, 3.05) is 0 Å². The fourth-order valence-electron chi connectivity index (χ4n) is 2.90. The van der Waals surface area contributed by atoms with Crippen molar-refractivity contribution in [3.8, 4) is 0 Å². The van der Waals surface area contributed by atoms with Crippen LogP contribution in [0.25, 0.3) is 0 Å². The minimum Gasteiger partial charge on any atom is -0.514 e. The number of carbonyl (C=O) groups excluding carboxylic acids is 2. The molecular weight excluding hydrogens is 730 g/mol. The van der Waals surface area contributed by atoms with Gasteiger partial charge in [-0.25, -0.2) is 0 Å². The average molecular weight is 765 g/mol. The molecule has 264 valence electrons. The average Bonchev–Trinajstić information content (AvgIpc) is 2.87. The second-order valence-electron chi connectivity index (χ2n) is 9.01. The molecule has 2 aromatic rings. The molecule has 0 aliphatic heterocycles. The largest absolute Gasteiger partial charge is 0.514 e. The van der Waals surface area contributed by atoms with Crippen LogP contribution in [0.5, 0.6) is 0 Å². The van der Waals surface area contributed by atoms with Crippen LogP contribution in [0.15, 0.2) is 57.6 Å². The van der Waals surface area contributed by atoms with Crippen LogP contribution in [-0.4, -0.2) is 36.3 Å². The third-order valence-corrected chi connectivity index (χ3v) is 5.19. The van der Waals surface area contributed by atoms with Crippen LogP contribution in [0.4, 0.5) is 58.4 Å². The monoisotopic (exact) mass is 766 g/mol. The number of rotatable bonds is 6. The summed E-state index contributed by atoms with van der Waals surface area (Å²) in [7, 11) is 0. The van der Waals surface area contributed by atoms with Gasteiger partial charge in [0.15, 0.2) is 0 Å². The van der Waals surface area contributed by atoms with E-state index in [9.17, 15) is 62.3 Å². The molecule has 0 amide bonds. The molecule has 2 rings (SSSR count). The fraction of sp³-hybridized carbons (Fsp3) is 0.400. The van der Waals surface area contributed by atoms with E-state index in [2.05, 4.69) is 54.6 Å². The Labute approximate surface area is 272 Å². The number of benzene rings is 2. The minimum absolute atomic E-state index is 0. The summed E-state index contributed by atoms with van der Waals surface area (Å²) in [5, 5.41) is 0. The number of ketones is 2. The van der Waals surface area contributed by atoms with Gasteiger partial charge >= 0.3 is 134 Å². The van der Waals surface area contributed by atoms with Crippen molar-refractivity contribution in [1.29, 1.82) is 0 Å². The predicted molar refractivity (Wildman–Crippen MR) is 147 cm³/mol. The van der Waals surface area contributed by atoms with Crippen molar-refractivity contribution < 1.29 is 81.9 Å². The Morgan fingerprint density at radius 3 is 1.39 bits per heavy atom. The molecule has 0 heterocycles. The van der Waals surface area contributed by atoms with E-state index in [0.717, 1.165) is 18.4 Å². The number of hydrogen-bond acceptors (Lipinski definition) is 3. The molecule has 0 N–H and O–H groups in total. The molecule has 0 radical (unpaired) electrons. The zero-order chi connectivity index (χ0) is 35.1. The molecule has 0 saturated heterocycles. The summed E-state index contributed by atoms with van der Waals surface area (Å²) in [5.74, 6) is -6.80. The van der Waals surface area contributed by atoms with E-state index in [1.807, 2.05) is 44.8 Å². The molecule has 0 unspecified atom stereocenters. The maximum absolute atomic E-state index is 10.9. The summed E-state index contributed by atoms with van der Waals surface area (Å²) in [6, 6.07) is 16.8. The Morgan fingerprint density at radius 1 is 0.739 bits per heavy atom. The van der Waals surface area contributed by atoms with Gasteiger partial charge in [-0.2, -0.15) is 52.7 Å². The topological polar surface area (TPSA) is 46.5 Å². The molecule has 3 nitrogen and oxygen atoms in total. The zero-order valence-electron chi connectivity index (χ0n) is 25.6. The van der Waals surface area contributed by atoms with Crippen LogP contribution in [0.3, 0.4) is 0 Å². The normalized spacial score (nSPS) is 11.1. The van der Waals surface area contributed by atoms with Crippen LogP contribution in [-0.2, 0) is 42.1 Å². The predicted octanol–water partition coefficient (Wildman–Crippen LogP) is 11.0. The molecule has 46 heavy (non-hydrogen) atoms. The van der Waals surface area contributed by atoms with E-state index in [4.69, 9.17) is 6.58 Å². The molecule has 0 aliphatic rings. The molecule has 0 atom stereocenters. The third kappa shape index (κ3) is 21.1. The molecule has 0 aromatic heterocycles. The van der Waals surface area contributed by atoms with Crippen LogP contribution in [0, 0.1) is 21.4 Å². The SMILES string of the molecule is CCCc1cccc(C(C)C)c1[N]=[Mo].O=C(C(F)(F)F)C(F)(F)F.O=C(C(F)(F)F)C(F)(F)F.[CH-]=C(C)Cc1ccccc1.[CH3-].[CH3-]. The van der Waals surface area contributed by atoms with Gasteiger partial charge in [0.25, 0.3) is 0 Å². The Hall–Kier alpha value is -2.83. The number of aryl methyl sites for hydroxylation is 1. The summed E-state index contributed by atoms with van der Waals surface area (Å²) >= 11 is 1.82. The second-order valence-corrected chi connectivity index (χ2v) is 9.46. The number of halogens is 12. The van der Waals surface area contributed by atoms with Crippen LogP contribution >= 0.6 is 0 Å². The van der Waals surface area contributed by atoms with Crippen molar-refractivity contribution in [1.82, 2.24) is 0 Å². The number of alkyl halides is 12. The van der Waals surface area contributed by atoms with Gasteiger partial charge in [0.2, 0.25) is 0 Å². The van der Waals surface area contributed by atoms with Crippen LogP contribution < -0.4 is 0 Å². The fourth-order valence-corrected chi connectivity index (χ4v) is 3.45. The van der Waals surface area contributed by atoms with Crippen molar-refractivity contribution in [2.45, 2.75) is 77.6 Å². The number of carbonyl (C=O) groups is 2. The molecular formula is C30H34F12MoNO2-3. The summed E-state index contributed by atoms with van der Waals surface area (Å²) in [5.41, 5.74) is 6.23. The summed E-state index contributed by atoms with van der Waals surface area (Å²) < 4.78 is 135. The Kier molecular flexibility index (Phi) is 23.8. The van der Waals surface area contributed by atoms with Crippen molar-refractivity contribution in [3.05, 3.63) is 92.2 Å². The van der Waals surface area contributed by atoms with Crippen molar-refractivity contribution in [2.24, 2.45) is 3.50 Å². The molecule has 0 fully saturated rings. The van der Waals surface area contributed by atoms with Gasteiger partial charge in [0, 0.05) is 0 Å². The van der Waals surface area contributed by atoms with Gasteiger partial charge in [-0.1, -0.05) is 37.3 Å². The summed E-state index contributed by atoms with van der Waals surface area (Å²) in [6.07, 6.45) is -20.1. The van der Waals surface area contributed by atoms with Gasteiger partial charge in [-0.05, 0) is 12.0 Å². The van der Waals surface area contributed by atoms with Gasteiger partial charge in [0.05, 0.1) is 0 Å². The molecule has 0 saturated carbocycles. The standard InChI is InChI=1S/C12H17N.C10H11.2C3F6O.2CH3.Mo/c1-4-6-10-7-5-8-11(9(2)3)12(10)13;1-9(2)8-10-6-4-3-5-7-10;2*4-2(5,6)1(10)3(7,8)9;;;/h5,7-9H,4,6H2,1-3H3;1,3-7H,8H2,2H3;;;2*1H3;/q;-1;;;2*-1;. The first-order chi connectivity index (χ1) is 19.8. The number of hydrogen-bond donors (Lipinski definition) is 0. The maximum atomic E-state index is 10.9. The molecule has 0 aliphatic carbocycles. The smallest absolute Gasteiger partial charge is 0.459 e. The molecule has 0 spiro atoms. The van der Waals surface area contributed by atoms with E-state index in [-0.39, 0.29) is 14.9 Å². The summed E-state index contributed by atoms with van der Waals surface area (Å²) in [6.45, 7) is 14.1. The van der Waals surface area contributed by atoms with Gasteiger partial charge in [-0.3, -0.25) is 15.2 Å². The third-order valence-electron chi connectivity index (χ3n) is 4.74. The van der Waals surface area contributed by atoms with E-state index in [1.54, 1.807) is 0 Å². The van der Waals surface area contributed by atoms with Crippen molar-refractivity contribution in [3.63, 3.8) is 0 Å². The van der Waals surface area contributed by atoms with E-state index < -0.39 is 36.3 Å². The first-order valence-corrected chi connectivity index (χ1v) is 13.1. The second kappa shape index (κ2) is 21.9. The quantitative estimate of drug-likeness (QED) is 0.167. The first-order valence-electron chi connectivity index (χ1n) is 12.2. The van der Waals surface area contributed by atoms with Crippen molar-refractivity contribution >= 4 is 17.3 Å². The number of allylic oxidation sites excluding steroid dienone is 1. The van der Waals surface area contributed by atoms with E-state index >= 15 is 0 Å².